The van der Waals surface area contributed by atoms with Gasteiger partial charge in [-0.2, -0.15) is 18.3 Å². The molecule has 0 saturated carbocycles. The Kier molecular flexibility index (Phi) is 4.02. The molecule has 5 nitrogen and oxygen atoms in total. The summed E-state index contributed by atoms with van der Waals surface area (Å²) in [6.45, 7) is 1.98. The number of hydrogen-bond acceptors (Lipinski definition) is 4. The molecule has 4 aromatic rings. The summed E-state index contributed by atoms with van der Waals surface area (Å²) in [6, 6.07) is 12.7. The number of aromatic nitrogens is 4. The molecule has 0 fully saturated rings. The number of fused-ring (bicyclic) bond motifs is 1. The van der Waals surface area contributed by atoms with Crippen molar-refractivity contribution in [3.8, 4) is 5.69 Å². The van der Waals surface area contributed by atoms with Crippen molar-refractivity contribution >= 4 is 22.5 Å². The first-order chi connectivity index (χ1) is 12.9. The topological polar surface area (TPSA) is 55.6 Å². The van der Waals surface area contributed by atoms with Crippen molar-refractivity contribution < 1.29 is 13.2 Å². The quantitative estimate of drug-likeness (QED) is 0.559. The van der Waals surface area contributed by atoms with Gasteiger partial charge in [-0.1, -0.05) is 18.2 Å². The van der Waals surface area contributed by atoms with Crippen molar-refractivity contribution in [2.45, 2.75) is 13.1 Å². The molecule has 2 heterocycles. The minimum Gasteiger partial charge on any atom is -0.340 e. The first-order valence-electron chi connectivity index (χ1n) is 8.12. The molecule has 0 aliphatic heterocycles. The monoisotopic (exact) mass is 369 g/mol. The number of nitrogens with zero attached hydrogens (tertiary/aromatic N) is 4. The molecule has 0 aliphatic carbocycles. The second kappa shape index (κ2) is 6.39. The average Bonchev–Trinajstić information content (AvgIpc) is 3.06. The summed E-state index contributed by atoms with van der Waals surface area (Å²) in [7, 11) is 0. The summed E-state index contributed by atoms with van der Waals surface area (Å²) >= 11 is 0. The Morgan fingerprint density at radius 3 is 2.59 bits per heavy atom. The summed E-state index contributed by atoms with van der Waals surface area (Å²) in [5, 5.41) is 7.90. The van der Waals surface area contributed by atoms with Gasteiger partial charge in [0.05, 0.1) is 22.8 Å². The lowest BCUT2D eigenvalue weighted by Crippen LogP contribution is -2.05. The number of alkyl halides is 3. The third-order valence-corrected chi connectivity index (χ3v) is 4.06. The van der Waals surface area contributed by atoms with Crippen molar-refractivity contribution in [3.05, 3.63) is 72.2 Å². The maximum atomic E-state index is 12.9. The predicted octanol–water partition coefficient (Wildman–Crippen LogP) is 4.89. The van der Waals surface area contributed by atoms with E-state index in [4.69, 9.17) is 0 Å². The fourth-order valence-corrected chi connectivity index (χ4v) is 2.80. The number of aryl methyl sites for hydroxylation is 1. The Bertz CT molecular complexity index is 1120. The molecule has 2 aromatic heterocycles. The molecule has 0 unspecified atom stereocenters. The first kappa shape index (κ1) is 17.0. The lowest BCUT2D eigenvalue weighted by molar-refractivity contribution is -0.137. The minimum absolute atomic E-state index is 0.285. The van der Waals surface area contributed by atoms with E-state index in [-0.39, 0.29) is 5.69 Å². The molecule has 27 heavy (non-hydrogen) atoms. The predicted molar refractivity (Wildman–Crippen MR) is 96.1 cm³/mol. The Morgan fingerprint density at radius 1 is 1.00 bits per heavy atom. The van der Waals surface area contributed by atoms with Crippen LogP contribution in [-0.4, -0.2) is 19.7 Å². The number of hydrogen-bond donors (Lipinski definition) is 1. The van der Waals surface area contributed by atoms with Crippen LogP contribution in [0.5, 0.6) is 0 Å². The van der Waals surface area contributed by atoms with Gasteiger partial charge in [0.25, 0.3) is 0 Å². The Labute approximate surface area is 152 Å². The van der Waals surface area contributed by atoms with Gasteiger partial charge in [-0.05, 0) is 42.8 Å². The number of nitrogens with one attached hydrogen (secondary N) is 1. The fraction of sp³-hybridized carbons (Fsp3) is 0.105. The zero-order valence-electron chi connectivity index (χ0n) is 14.2. The molecule has 1 N–H and O–H groups in total. The summed E-state index contributed by atoms with van der Waals surface area (Å²) in [5.74, 6) is 0.387. The first-order valence-corrected chi connectivity index (χ1v) is 8.12. The summed E-state index contributed by atoms with van der Waals surface area (Å²) in [6.07, 6.45) is -1.46. The third kappa shape index (κ3) is 3.33. The van der Waals surface area contributed by atoms with Crippen molar-refractivity contribution in [1.29, 1.82) is 0 Å². The highest BCUT2D eigenvalue weighted by Gasteiger charge is 2.30. The molecule has 0 saturated heterocycles. The van der Waals surface area contributed by atoms with E-state index >= 15 is 0 Å². The molecule has 0 radical (unpaired) electrons. The van der Waals surface area contributed by atoms with E-state index in [0.717, 1.165) is 23.4 Å². The van der Waals surface area contributed by atoms with Crippen molar-refractivity contribution in [3.63, 3.8) is 0 Å². The average molecular weight is 369 g/mol. The molecule has 136 valence electrons. The molecule has 0 amide bonds. The normalized spacial score (nSPS) is 11.7. The zero-order chi connectivity index (χ0) is 19.0. The van der Waals surface area contributed by atoms with Gasteiger partial charge in [0.2, 0.25) is 0 Å². The van der Waals surface area contributed by atoms with Crippen LogP contribution in [0.1, 0.15) is 11.1 Å². The van der Waals surface area contributed by atoms with Gasteiger partial charge in [-0.25, -0.2) is 14.6 Å². The van der Waals surface area contributed by atoms with Crippen LogP contribution in [0.25, 0.3) is 16.7 Å². The Hall–Kier alpha value is -3.42. The van der Waals surface area contributed by atoms with Crippen LogP contribution in [-0.2, 0) is 6.18 Å². The van der Waals surface area contributed by atoms with E-state index < -0.39 is 11.7 Å². The summed E-state index contributed by atoms with van der Waals surface area (Å²) in [5.41, 5.74) is 2.03. The van der Waals surface area contributed by atoms with Gasteiger partial charge < -0.3 is 5.32 Å². The van der Waals surface area contributed by atoms with Gasteiger partial charge in [-0.3, -0.25) is 0 Å². The molecule has 0 spiro atoms. The van der Waals surface area contributed by atoms with E-state index in [0.29, 0.717) is 16.9 Å². The fourth-order valence-electron chi connectivity index (χ4n) is 2.80. The van der Waals surface area contributed by atoms with Crippen LogP contribution in [0.2, 0.25) is 0 Å². The molecule has 0 aliphatic rings. The van der Waals surface area contributed by atoms with Crippen LogP contribution in [0.4, 0.5) is 24.7 Å². The smallest absolute Gasteiger partial charge is 0.340 e. The summed E-state index contributed by atoms with van der Waals surface area (Å²) in [4.78, 5) is 8.44. The van der Waals surface area contributed by atoms with Crippen LogP contribution in [0.15, 0.2) is 61.1 Å². The largest absolute Gasteiger partial charge is 0.416 e. The van der Waals surface area contributed by atoms with Gasteiger partial charge in [0.15, 0.2) is 5.65 Å². The van der Waals surface area contributed by atoms with Crippen LogP contribution >= 0.6 is 0 Å². The van der Waals surface area contributed by atoms with Crippen molar-refractivity contribution in [1.82, 2.24) is 19.7 Å². The summed E-state index contributed by atoms with van der Waals surface area (Å²) < 4.78 is 40.4. The number of halogens is 3. The second-order valence-corrected chi connectivity index (χ2v) is 6.06. The van der Waals surface area contributed by atoms with Gasteiger partial charge in [0, 0.05) is 5.69 Å². The standard InChI is InChI=1S/C19H14F3N5/c1-12-4-2-7-15(8-12)27-18-16(10-25-27)17(23-11-24-18)26-14-6-3-5-13(9-14)19(20,21)22/h2-11H,1H3,(H,23,24,26). The second-order valence-electron chi connectivity index (χ2n) is 6.06. The SMILES string of the molecule is Cc1cccc(-n2ncc3c(Nc4cccc(C(F)(F)F)c4)ncnc32)c1. The lowest BCUT2D eigenvalue weighted by Gasteiger charge is -2.10. The van der Waals surface area contributed by atoms with E-state index in [1.165, 1.54) is 12.4 Å². The lowest BCUT2D eigenvalue weighted by atomic mass is 10.2. The molecule has 2 aromatic carbocycles. The number of benzene rings is 2. The van der Waals surface area contributed by atoms with E-state index in [1.807, 2.05) is 31.2 Å². The molecular formula is C19H14F3N5. The Balaban J connectivity index is 1.74. The van der Waals surface area contributed by atoms with Gasteiger partial charge >= 0.3 is 6.18 Å². The minimum atomic E-state index is -4.41. The molecule has 0 bridgehead atoms. The van der Waals surface area contributed by atoms with Gasteiger partial charge in [-0.15, -0.1) is 0 Å². The van der Waals surface area contributed by atoms with Crippen molar-refractivity contribution in [2.24, 2.45) is 0 Å². The van der Waals surface area contributed by atoms with Gasteiger partial charge in [0.1, 0.15) is 12.1 Å². The Morgan fingerprint density at radius 2 is 1.81 bits per heavy atom. The maximum absolute atomic E-state index is 12.9. The highest BCUT2D eigenvalue weighted by atomic mass is 19.4. The highest BCUT2D eigenvalue weighted by Crippen LogP contribution is 2.32. The van der Waals surface area contributed by atoms with Crippen LogP contribution < -0.4 is 5.32 Å². The van der Waals surface area contributed by atoms with E-state index in [1.54, 1.807) is 16.9 Å². The molecule has 4 rings (SSSR count). The highest BCUT2D eigenvalue weighted by molar-refractivity contribution is 5.89. The molecule has 0 atom stereocenters. The number of rotatable bonds is 3. The van der Waals surface area contributed by atoms with Crippen LogP contribution in [0, 0.1) is 6.92 Å². The van der Waals surface area contributed by atoms with Crippen LogP contribution in [0.3, 0.4) is 0 Å². The van der Waals surface area contributed by atoms with E-state index in [9.17, 15) is 13.2 Å². The zero-order valence-corrected chi connectivity index (χ0v) is 14.2. The molecular weight excluding hydrogens is 355 g/mol. The molecule has 8 heteroatoms. The number of anilines is 2. The van der Waals surface area contributed by atoms with Crippen molar-refractivity contribution in [2.75, 3.05) is 5.32 Å². The van der Waals surface area contributed by atoms with E-state index in [2.05, 4.69) is 20.4 Å². The maximum Gasteiger partial charge on any atom is 0.416 e. The third-order valence-electron chi connectivity index (χ3n) is 4.06.